The number of ether oxygens (including phenoxy) is 3. The molecule has 0 amide bonds. The van der Waals surface area contributed by atoms with E-state index in [2.05, 4.69) is 15.7 Å². The number of hydrogen-bond acceptors (Lipinski definition) is 8. The van der Waals surface area contributed by atoms with Crippen LogP contribution in [-0.4, -0.2) is 30.8 Å². The van der Waals surface area contributed by atoms with Crippen molar-refractivity contribution in [3.05, 3.63) is 24.2 Å². The molecule has 0 saturated carbocycles. The van der Waals surface area contributed by atoms with Crippen molar-refractivity contribution in [1.82, 2.24) is 0 Å². The summed E-state index contributed by atoms with van der Waals surface area (Å²) in [4.78, 5) is 34.6. The minimum Gasteiger partial charge on any atom is -0.434 e. The predicted molar refractivity (Wildman–Crippen MR) is 71.9 cm³/mol. The molecule has 0 aliphatic carbocycles. The molecule has 0 fully saturated rings. The Labute approximate surface area is 126 Å². The summed E-state index contributed by atoms with van der Waals surface area (Å²) in [5.41, 5.74) is -0.703. The first-order valence-corrected chi connectivity index (χ1v) is 6.41. The molecule has 0 aliphatic rings. The van der Waals surface area contributed by atoms with Gasteiger partial charge in [0.2, 0.25) is 12.1 Å². The number of ketones is 1. The van der Waals surface area contributed by atoms with Gasteiger partial charge in [-0.2, -0.15) is 0 Å². The molecule has 1 atom stereocenters. The normalized spacial score (nSPS) is 12.4. The molecule has 22 heavy (non-hydrogen) atoms. The summed E-state index contributed by atoms with van der Waals surface area (Å²) >= 11 is 0. The Bertz CT molecular complexity index is 548. The smallest absolute Gasteiger partial charge is 0.434 e. The maximum absolute atomic E-state index is 11.6. The van der Waals surface area contributed by atoms with Crippen LogP contribution in [0.1, 0.15) is 38.2 Å². The number of Topliss-reactive ketones (excluding diaryl/α,β-unsaturated/α-hetero) is 1. The molecule has 0 saturated heterocycles. The zero-order valence-corrected chi connectivity index (χ0v) is 12.8. The van der Waals surface area contributed by atoms with E-state index in [1.54, 1.807) is 0 Å². The maximum Gasteiger partial charge on any atom is 0.511 e. The summed E-state index contributed by atoms with van der Waals surface area (Å²) in [7, 11) is 0. The quantitative estimate of drug-likeness (QED) is 0.150. The van der Waals surface area contributed by atoms with Crippen molar-refractivity contribution in [3.8, 4) is 0 Å². The van der Waals surface area contributed by atoms with Gasteiger partial charge in [-0.1, -0.05) is 27.4 Å². The van der Waals surface area contributed by atoms with E-state index in [-0.39, 0.29) is 17.8 Å². The maximum atomic E-state index is 11.6. The molecule has 122 valence electrons. The highest BCUT2D eigenvalue weighted by Gasteiger charge is 2.26. The van der Waals surface area contributed by atoms with Crippen LogP contribution < -0.4 is 0 Å². The lowest BCUT2D eigenvalue weighted by Crippen LogP contribution is -2.26. The molecule has 8 nitrogen and oxygen atoms in total. The van der Waals surface area contributed by atoms with E-state index in [0.717, 1.165) is 6.26 Å². The molecule has 8 heteroatoms. The Morgan fingerprint density at radius 3 is 2.32 bits per heavy atom. The lowest BCUT2D eigenvalue weighted by molar-refractivity contribution is -0.163. The summed E-state index contributed by atoms with van der Waals surface area (Å²) in [5, 5.41) is 0. The van der Waals surface area contributed by atoms with Crippen LogP contribution in [0.3, 0.4) is 0 Å². The van der Waals surface area contributed by atoms with Gasteiger partial charge in [-0.25, -0.2) is 9.59 Å². The zero-order valence-electron chi connectivity index (χ0n) is 12.8. The second-order valence-corrected chi connectivity index (χ2v) is 5.66. The standard InChI is InChI=1S/C14H18O8/c1-8(11(15)10-6-19-22-10)12(16)20-9(2)21-13(17)18-7-14(3,4)5/h6,9H,1,7H2,2-5H3. The van der Waals surface area contributed by atoms with E-state index in [1.165, 1.54) is 6.92 Å². The Morgan fingerprint density at radius 1 is 1.27 bits per heavy atom. The van der Waals surface area contributed by atoms with Crippen LogP contribution in [0.15, 0.2) is 27.6 Å². The van der Waals surface area contributed by atoms with Crippen molar-refractivity contribution in [1.29, 1.82) is 0 Å². The fourth-order valence-corrected chi connectivity index (χ4v) is 1.12. The van der Waals surface area contributed by atoms with E-state index in [0.29, 0.717) is 0 Å². The van der Waals surface area contributed by atoms with Crippen LogP contribution in [-0.2, 0) is 19.0 Å². The van der Waals surface area contributed by atoms with Gasteiger partial charge in [-0.15, -0.1) is 0 Å². The Hall–Kier alpha value is -2.51. The molecular formula is C14H18O8. The van der Waals surface area contributed by atoms with Gasteiger partial charge in [0, 0.05) is 6.92 Å². The summed E-state index contributed by atoms with van der Waals surface area (Å²) in [5.74, 6) is -1.99. The highest BCUT2D eigenvalue weighted by Crippen LogP contribution is 2.14. The van der Waals surface area contributed by atoms with Crippen LogP contribution >= 0.6 is 0 Å². The van der Waals surface area contributed by atoms with Gasteiger partial charge in [-0.05, 0) is 5.41 Å². The number of rotatable bonds is 6. The fourth-order valence-electron chi connectivity index (χ4n) is 1.12. The van der Waals surface area contributed by atoms with Gasteiger partial charge in [0.15, 0.2) is 6.26 Å². The van der Waals surface area contributed by atoms with Crippen molar-refractivity contribution in [2.24, 2.45) is 5.41 Å². The lowest BCUT2D eigenvalue weighted by atomic mass is 9.99. The van der Waals surface area contributed by atoms with Crippen LogP contribution in [0.4, 0.5) is 4.79 Å². The van der Waals surface area contributed by atoms with E-state index in [9.17, 15) is 14.4 Å². The fraction of sp³-hybridized carbons (Fsp3) is 0.500. The largest absolute Gasteiger partial charge is 0.511 e. The summed E-state index contributed by atoms with van der Waals surface area (Å²) in [6.07, 6.45) is -1.20. The van der Waals surface area contributed by atoms with Crippen molar-refractivity contribution in [2.75, 3.05) is 6.61 Å². The second-order valence-electron chi connectivity index (χ2n) is 5.66. The molecule has 1 unspecified atom stereocenters. The molecule has 1 aromatic rings. The van der Waals surface area contributed by atoms with Gasteiger partial charge < -0.3 is 14.2 Å². The number of carbonyl (C=O) groups excluding carboxylic acids is 3. The Morgan fingerprint density at radius 2 is 1.86 bits per heavy atom. The molecule has 0 spiro atoms. The Kier molecular flexibility index (Phi) is 5.56. The third-order valence-electron chi connectivity index (χ3n) is 2.20. The minimum atomic E-state index is -1.24. The van der Waals surface area contributed by atoms with Gasteiger partial charge >= 0.3 is 12.1 Å². The number of esters is 1. The first-order valence-electron chi connectivity index (χ1n) is 6.41. The van der Waals surface area contributed by atoms with Gasteiger partial charge in [0.1, 0.15) is 5.57 Å². The third kappa shape index (κ3) is 5.47. The molecule has 0 aliphatic heterocycles. The zero-order chi connectivity index (χ0) is 16.9. The van der Waals surface area contributed by atoms with Gasteiger partial charge in [-0.3, -0.25) is 13.9 Å². The topological polar surface area (TPSA) is 105 Å². The van der Waals surface area contributed by atoms with Crippen LogP contribution in [0.5, 0.6) is 0 Å². The van der Waals surface area contributed by atoms with Gasteiger partial charge in [0.05, 0.1) is 6.61 Å². The first kappa shape index (κ1) is 17.5. The molecule has 0 bridgehead atoms. The van der Waals surface area contributed by atoms with Crippen molar-refractivity contribution in [2.45, 2.75) is 34.0 Å². The highest BCUT2D eigenvalue weighted by atomic mass is 17.0. The second kappa shape index (κ2) is 6.97. The van der Waals surface area contributed by atoms with Crippen LogP contribution in [0, 0.1) is 5.41 Å². The minimum absolute atomic E-state index is 0.142. The highest BCUT2D eigenvalue weighted by molar-refractivity contribution is 6.22. The predicted octanol–water partition coefficient (Wildman–Crippen LogP) is 2.70. The average molecular weight is 314 g/mol. The van der Waals surface area contributed by atoms with Crippen molar-refractivity contribution in [3.63, 3.8) is 0 Å². The molecule has 0 aromatic carbocycles. The monoisotopic (exact) mass is 314 g/mol. The lowest BCUT2D eigenvalue weighted by Gasteiger charge is -2.19. The molecule has 1 rings (SSSR count). The summed E-state index contributed by atoms with van der Waals surface area (Å²) in [6.45, 7) is 10.4. The molecular weight excluding hydrogens is 296 g/mol. The van der Waals surface area contributed by atoms with Crippen molar-refractivity contribution < 1.29 is 37.7 Å². The average Bonchev–Trinajstić information content (AvgIpc) is 2.32. The summed E-state index contributed by atoms with van der Waals surface area (Å²) in [6, 6.07) is 0. The molecule has 0 radical (unpaired) electrons. The SMILES string of the molecule is C=C(C(=O)OC(C)OC(=O)OCC(C)(C)C)C(=O)c1coo1. The van der Waals surface area contributed by atoms with Gasteiger partial charge in [0.25, 0.3) is 5.76 Å². The number of hydrogen-bond donors (Lipinski definition) is 0. The molecule has 1 heterocycles. The number of carbonyl (C=O) groups is 3. The van der Waals surface area contributed by atoms with E-state index in [4.69, 9.17) is 14.2 Å². The molecule has 0 N–H and O–H groups in total. The van der Waals surface area contributed by atoms with E-state index in [1.807, 2.05) is 20.8 Å². The van der Waals surface area contributed by atoms with Crippen LogP contribution in [0.2, 0.25) is 0 Å². The van der Waals surface area contributed by atoms with Crippen LogP contribution in [0.25, 0.3) is 0 Å². The molecule has 1 aromatic heterocycles. The Balaban J connectivity index is 2.40. The third-order valence-corrected chi connectivity index (χ3v) is 2.20. The summed E-state index contributed by atoms with van der Waals surface area (Å²) < 4.78 is 22.9. The first-order chi connectivity index (χ1) is 10.1. The van der Waals surface area contributed by atoms with Crippen molar-refractivity contribution >= 4 is 17.9 Å². The van der Waals surface area contributed by atoms with E-state index >= 15 is 0 Å². The van der Waals surface area contributed by atoms with E-state index < -0.39 is 29.8 Å².